The molecule has 2 heterocycles. The Kier molecular flexibility index (Phi) is 3.28. The lowest BCUT2D eigenvalue weighted by Gasteiger charge is -2.06. The molecule has 1 aromatic carbocycles. The Morgan fingerprint density at radius 2 is 1.90 bits per heavy atom. The molecule has 2 N–H and O–H groups in total. The van der Waals surface area contributed by atoms with Gasteiger partial charge in [-0.25, -0.2) is 15.0 Å². The fraction of sp³-hybridized carbons (Fsp3) is 0.133. The summed E-state index contributed by atoms with van der Waals surface area (Å²) in [7, 11) is 0. The predicted molar refractivity (Wildman–Crippen MR) is 81.8 cm³/mol. The van der Waals surface area contributed by atoms with E-state index in [0.717, 1.165) is 26.6 Å². The molecule has 0 amide bonds. The zero-order valence-electron chi connectivity index (χ0n) is 11.3. The van der Waals surface area contributed by atoms with E-state index in [1.54, 1.807) is 18.1 Å². The molecular formula is C15H14N4S. The molecule has 3 rings (SSSR count). The summed E-state index contributed by atoms with van der Waals surface area (Å²) in [6.07, 6.45) is 1.56. The quantitative estimate of drug-likeness (QED) is 0.576. The molecule has 0 fully saturated rings. The van der Waals surface area contributed by atoms with E-state index in [1.165, 1.54) is 5.56 Å². The second kappa shape index (κ2) is 5.09. The number of benzene rings is 1. The Balaban J connectivity index is 2.06. The molecule has 0 spiro atoms. The van der Waals surface area contributed by atoms with Gasteiger partial charge in [-0.3, -0.25) is 0 Å². The fourth-order valence-electron chi connectivity index (χ4n) is 2.09. The molecule has 5 heteroatoms. The van der Waals surface area contributed by atoms with Gasteiger partial charge in [0.2, 0.25) is 0 Å². The Morgan fingerprint density at radius 3 is 2.70 bits per heavy atom. The molecule has 3 aromatic rings. The summed E-state index contributed by atoms with van der Waals surface area (Å²) in [4.78, 5) is 13.1. The number of nitrogens with two attached hydrogens (primary N) is 1. The van der Waals surface area contributed by atoms with E-state index >= 15 is 0 Å². The molecule has 0 aliphatic rings. The van der Waals surface area contributed by atoms with Crippen molar-refractivity contribution in [3.05, 3.63) is 47.9 Å². The molecule has 0 aliphatic carbocycles. The standard InChI is InChI=1S/C15H14N4S/c1-9-5-10(2)19-14(6-9)20-15-12-4-3-11(16)7-13(12)17-8-18-15/h3-8H,16H2,1-2H3. The summed E-state index contributed by atoms with van der Waals surface area (Å²) >= 11 is 1.55. The predicted octanol–water partition coefficient (Wildman–Crippen LogP) is 3.38. The number of hydrogen-bond donors (Lipinski definition) is 1. The van der Waals surface area contributed by atoms with Crippen molar-refractivity contribution in [1.82, 2.24) is 15.0 Å². The first-order valence-electron chi connectivity index (χ1n) is 6.25. The molecule has 2 aromatic heterocycles. The van der Waals surface area contributed by atoms with Crippen molar-refractivity contribution in [1.29, 1.82) is 0 Å². The summed E-state index contributed by atoms with van der Waals surface area (Å²) in [6.45, 7) is 4.06. The monoisotopic (exact) mass is 282 g/mol. The zero-order valence-corrected chi connectivity index (χ0v) is 12.1. The molecule has 20 heavy (non-hydrogen) atoms. The number of pyridine rings is 1. The number of anilines is 1. The van der Waals surface area contributed by atoms with Crippen LogP contribution in [0, 0.1) is 13.8 Å². The Hall–Kier alpha value is -2.14. The average Bonchev–Trinajstić information content (AvgIpc) is 2.37. The van der Waals surface area contributed by atoms with Gasteiger partial charge in [0.15, 0.2) is 0 Å². The van der Waals surface area contributed by atoms with Crippen LogP contribution in [-0.2, 0) is 0 Å². The smallest absolute Gasteiger partial charge is 0.117 e. The van der Waals surface area contributed by atoms with Gasteiger partial charge in [0.05, 0.1) is 5.52 Å². The summed E-state index contributed by atoms with van der Waals surface area (Å²) < 4.78 is 0. The van der Waals surface area contributed by atoms with E-state index in [1.807, 2.05) is 25.1 Å². The number of hydrogen-bond acceptors (Lipinski definition) is 5. The van der Waals surface area contributed by atoms with Crippen LogP contribution in [-0.4, -0.2) is 15.0 Å². The molecule has 0 unspecified atom stereocenters. The summed E-state index contributed by atoms with van der Waals surface area (Å²) in [5, 5.41) is 2.83. The van der Waals surface area contributed by atoms with Crippen molar-refractivity contribution in [3.63, 3.8) is 0 Å². The minimum absolute atomic E-state index is 0.705. The summed E-state index contributed by atoms with van der Waals surface area (Å²) in [5.41, 5.74) is 9.55. The van der Waals surface area contributed by atoms with Gasteiger partial charge in [-0.15, -0.1) is 0 Å². The number of nitrogen functional groups attached to an aromatic ring is 1. The number of nitrogens with zero attached hydrogens (tertiary/aromatic N) is 3. The highest BCUT2D eigenvalue weighted by molar-refractivity contribution is 7.99. The van der Waals surface area contributed by atoms with Crippen LogP contribution in [0.15, 0.2) is 46.7 Å². The van der Waals surface area contributed by atoms with E-state index in [9.17, 15) is 0 Å². The van der Waals surface area contributed by atoms with E-state index in [-0.39, 0.29) is 0 Å². The molecule has 0 saturated carbocycles. The number of aromatic nitrogens is 3. The maximum Gasteiger partial charge on any atom is 0.117 e. The van der Waals surface area contributed by atoms with Crippen molar-refractivity contribution >= 4 is 28.4 Å². The highest BCUT2D eigenvalue weighted by Crippen LogP contribution is 2.31. The summed E-state index contributed by atoms with van der Waals surface area (Å²) in [5.74, 6) is 0. The second-order valence-corrected chi connectivity index (χ2v) is 5.69. The van der Waals surface area contributed by atoms with Crippen LogP contribution in [0.25, 0.3) is 10.9 Å². The Bertz CT molecular complexity index is 766. The molecule has 100 valence electrons. The fourth-order valence-corrected chi connectivity index (χ4v) is 3.10. The second-order valence-electron chi connectivity index (χ2n) is 4.68. The highest BCUT2D eigenvalue weighted by Gasteiger charge is 2.07. The van der Waals surface area contributed by atoms with Gasteiger partial charge >= 0.3 is 0 Å². The third-order valence-corrected chi connectivity index (χ3v) is 3.84. The normalized spacial score (nSPS) is 10.9. The van der Waals surface area contributed by atoms with Crippen molar-refractivity contribution in [3.8, 4) is 0 Å². The Morgan fingerprint density at radius 1 is 1.05 bits per heavy atom. The van der Waals surface area contributed by atoms with Crippen LogP contribution < -0.4 is 5.73 Å². The van der Waals surface area contributed by atoms with E-state index in [4.69, 9.17) is 5.73 Å². The van der Waals surface area contributed by atoms with Gasteiger partial charge < -0.3 is 5.73 Å². The molecule has 0 aliphatic heterocycles. The maximum absolute atomic E-state index is 5.79. The van der Waals surface area contributed by atoms with Crippen LogP contribution >= 0.6 is 11.8 Å². The first kappa shape index (κ1) is 12.9. The lowest BCUT2D eigenvalue weighted by Crippen LogP contribution is -1.91. The molecule has 0 saturated heterocycles. The Labute approximate surface area is 121 Å². The van der Waals surface area contributed by atoms with Crippen LogP contribution in [0.5, 0.6) is 0 Å². The molecule has 0 bridgehead atoms. The van der Waals surface area contributed by atoms with Crippen molar-refractivity contribution in [2.24, 2.45) is 0 Å². The van der Waals surface area contributed by atoms with Gasteiger partial charge in [0.1, 0.15) is 16.4 Å². The molecule has 0 radical (unpaired) electrons. The van der Waals surface area contributed by atoms with Gasteiger partial charge in [0.25, 0.3) is 0 Å². The van der Waals surface area contributed by atoms with Gasteiger partial charge in [-0.2, -0.15) is 0 Å². The molecular weight excluding hydrogens is 268 g/mol. The van der Waals surface area contributed by atoms with Crippen molar-refractivity contribution in [2.45, 2.75) is 23.9 Å². The number of fused-ring (bicyclic) bond motifs is 1. The molecule has 0 atom stereocenters. The van der Waals surface area contributed by atoms with Gasteiger partial charge in [0, 0.05) is 16.8 Å². The van der Waals surface area contributed by atoms with Crippen LogP contribution in [0.1, 0.15) is 11.3 Å². The van der Waals surface area contributed by atoms with Crippen molar-refractivity contribution in [2.75, 3.05) is 5.73 Å². The first-order valence-corrected chi connectivity index (χ1v) is 7.07. The minimum atomic E-state index is 0.705. The van der Waals surface area contributed by atoms with Gasteiger partial charge in [-0.1, -0.05) is 0 Å². The van der Waals surface area contributed by atoms with E-state index in [0.29, 0.717) is 5.69 Å². The van der Waals surface area contributed by atoms with E-state index in [2.05, 4.69) is 34.0 Å². The zero-order chi connectivity index (χ0) is 14.1. The number of aryl methyl sites for hydroxylation is 2. The third-order valence-electron chi connectivity index (χ3n) is 2.90. The maximum atomic E-state index is 5.79. The first-order chi connectivity index (χ1) is 9.61. The average molecular weight is 282 g/mol. The number of rotatable bonds is 2. The topological polar surface area (TPSA) is 64.7 Å². The van der Waals surface area contributed by atoms with Crippen LogP contribution in [0.2, 0.25) is 0 Å². The van der Waals surface area contributed by atoms with Crippen LogP contribution in [0.3, 0.4) is 0 Å². The highest BCUT2D eigenvalue weighted by atomic mass is 32.2. The third kappa shape index (κ3) is 2.58. The lowest BCUT2D eigenvalue weighted by molar-refractivity contribution is 1.03. The van der Waals surface area contributed by atoms with E-state index < -0.39 is 0 Å². The van der Waals surface area contributed by atoms with Crippen molar-refractivity contribution < 1.29 is 0 Å². The summed E-state index contributed by atoms with van der Waals surface area (Å²) in [6, 6.07) is 9.79. The van der Waals surface area contributed by atoms with Crippen LogP contribution in [0.4, 0.5) is 5.69 Å². The SMILES string of the molecule is Cc1cc(C)nc(Sc2ncnc3cc(N)ccc23)c1. The molecule has 4 nitrogen and oxygen atoms in total. The lowest BCUT2D eigenvalue weighted by atomic mass is 10.2. The minimum Gasteiger partial charge on any atom is -0.399 e. The van der Waals surface area contributed by atoms with Gasteiger partial charge in [-0.05, 0) is 61.5 Å². The largest absolute Gasteiger partial charge is 0.399 e.